The van der Waals surface area contributed by atoms with E-state index in [1.807, 2.05) is 25.1 Å². The van der Waals surface area contributed by atoms with E-state index >= 15 is 0 Å². The van der Waals surface area contributed by atoms with E-state index in [4.69, 9.17) is 21.6 Å². The zero-order valence-electron chi connectivity index (χ0n) is 10.4. The van der Waals surface area contributed by atoms with E-state index in [0.29, 0.717) is 30.3 Å². The molecule has 0 aliphatic rings. The van der Waals surface area contributed by atoms with Crippen molar-refractivity contribution < 1.29 is 9.53 Å². The molecule has 0 unspecified atom stereocenters. The first-order chi connectivity index (χ1) is 8.58. The number of hydrogen-bond donors (Lipinski definition) is 0. The smallest absolute Gasteiger partial charge is 0.324 e. The molecule has 0 radical (unpaired) electrons. The largest absolute Gasteiger partial charge is 0.492 e. The summed E-state index contributed by atoms with van der Waals surface area (Å²) in [6.45, 7) is 2.95. The normalized spacial score (nSPS) is 9.67. The average Bonchev–Trinajstić information content (AvgIpc) is 2.38. The van der Waals surface area contributed by atoms with E-state index in [1.54, 1.807) is 13.1 Å². The van der Waals surface area contributed by atoms with Crippen molar-refractivity contribution in [2.24, 2.45) is 0 Å². The van der Waals surface area contributed by atoms with Gasteiger partial charge in [-0.2, -0.15) is 5.26 Å². The molecule has 0 saturated carbocycles. The van der Waals surface area contributed by atoms with E-state index in [2.05, 4.69) is 0 Å². The minimum Gasteiger partial charge on any atom is -0.492 e. The fraction of sp³-hybridized carbons (Fsp3) is 0.385. The van der Waals surface area contributed by atoms with E-state index in [9.17, 15) is 4.79 Å². The quantitative estimate of drug-likeness (QED) is 0.768. The summed E-state index contributed by atoms with van der Waals surface area (Å²) >= 11 is 6.06. The van der Waals surface area contributed by atoms with Crippen LogP contribution >= 0.6 is 11.6 Å². The molecule has 96 valence electrons. The second kappa shape index (κ2) is 6.87. The highest BCUT2D eigenvalue weighted by Crippen LogP contribution is 2.25. The highest BCUT2D eigenvalue weighted by atomic mass is 35.5. The summed E-state index contributed by atoms with van der Waals surface area (Å²) < 4.78 is 5.33. The van der Waals surface area contributed by atoms with Gasteiger partial charge in [-0.15, -0.1) is 0 Å². The molecular weight excluding hydrogens is 252 g/mol. The summed E-state index contributed by atoms with van der Waals surface area (Å²) in [5, 5.41) is 9.02. The van der Waals surface area contributed by atoms with Gasteiger partial charge in [-0.25, -0.2) is 0 Å². The zero-order valence-corrected chi connectivity index (χ0v) is 11.2. The fourth-order valence-electron chi connectivity index (χ4n) is 1.46. The highest BCUT2D eigenvalue weighted by molar-refractivity contribution is 6.32. The molecule has 0 heterocycles. The van der Waals surface area contributed by atoms with Crippen molar-refractivity contribution in [3.8, 4) is 11.8 Å². The number of likely N-dealkylation sites (N-methyl/N-ethyl adjacent to an activating group) is 1. The summed E-state index contributed by atoms with van der Waals surface area (Å²) in [4.78, 5) is 12.4. The molecule has 0 saturated heterocycles. The van der Waals surface area contributed by atoms with Gasteiger partial charge in [0.05, 0.1) is 11.6 Å². The SMILES string of the molecule is CCOc1ccc(CCN(C)C(=O)C#N)cc1Cl. The summed E-state index contributed by atoms with van der Waals surface area (Å²) in [5.74, 6) is 0.122. The summed E-state index contributed by atoms with van der Waals surface area (Å²) in [7, 11) is 1.60. The van der Waals surface area contributed by atoms with E-state index in [-0.39, 0.29) is 0 Å². The minimum atomic E-state index is -0.535. The van der Waals surface area contributed by atoms with Crippen LogP contribution < -0.4 is 4.74 Å². The number of nitriles is 1. The van der Waals surface area contributed by atoms with Crippen LogP contribution in [0.4, 0.5) is 0 Å². The predicted molar refractivity (Wildman–Crippen MR) is 69.6 cm³/mol. The van der Waals surface area contributed by atoms with Gasteiger partial charge in [0.15, 0.2) is 6.07 Å². The van der Waals surface area contributed by atoms with Crippen LogP contribution in [-0.4, -0.2) is 31.0 Å². The Kier molecular flexibility index (Phi) is 5.47. The van der Waals surface area contributed by atoms with Gasteiger partial charge >= 0.3 is 5.91 Å². The Morgan fingerprint density at radius 2 is 2.28 bits per heavy atom. The topological polar surface area (TPSA) is 53.3 Å². The Balaban J connectivity index is 2.61. The van der Waals surface area contributed by atoms with Crippen LogP contribution in [0.25, 0.3) is 0 Å². The highest BCUT2D eigenvalue weighted by Gasteiger charge is 2.08. The number of ether oxygens (including phenoxy) is 1. The van der Waals surface area contributed by atoms with E-state index in [1.165, 1.54) is 4.90 Å². The molecule has 0 aliphatic heterocycles. The van der Waals surface area contributed by atoms with Crippen LogP contribution in [0.1, 0.15) is 12.5 Å². The van der Waals surface area contributed by atoms with Crippen molar-refractivity contribution in [3.05, 3.63) is 28.8 Å². The lowest BCUT2D eigenvalue weighted by Gasteiger charge is -2.13. The number of rotatable bonds is 5. The molecule has 0 aromatic heterocycles. The lowest BCUT2D eigenvalue weighted by molar-refractivity contribution is -0.124. The third-order valence-electron chi connectivity index (χ3n) is 2.47. The molecule has 5 heteroatoms. The lowest BCUT2D eigenvalue weighted by Crippen LogP contribution is -2.27. The lowest BCUT2D eigenvalue weighted by atomic mass is 10.1. The Morgan fingerprint density at radius 3 is 2.83 bits per heavy atom. The monoisotopic (exact) mass is 266 g/mol. The minimum absolute atomic E-state index is 0.483. The molecule has 0 aliphatic carbocycles. The summed E-state index contributed by atoms with van der Waals surface area (Å²) in [6.07, 6.45) is 0.649. The maximum absolute atomic E-state index is 11.1. The maximum Gasteiger partial charge on any atom is 0.324 e. The molecule has 0 fully saturated rings. The molecule has 0 bridgehead atoms. The second-order valence-corrected chi connectivity index (χ2v) is 4.19. The van der Waals surface area contributed by atoms with Crippen LogP contribution in [0.3, 0.4) is 0 Å². The number of amides is 1. The number of carbonyl (C=O) groups is 1. The van der Waals surface area contributed by atoms with Crippen LogP contribution in [0.15, 0.2) is 18.2 Å². The van der Waals surface area contributed by atoms with Crippen molar-refractivity contribution in [3.63, 3.8) is 0 Å². The number of carbonyl (C=O) groups excluding carboxylic acids is 1. The Morgan fingerprint density at radius 1 is 1.56 bits per heavy atom. The van der Waals surface area contributed by atoms with Crippen LogP contribution in [-0.2, 0) is 11.2 Å². The van der Waals surface area contributed by atoms with Gasteiger partial charge in [0.1, 0.15) is 5.75 Å². The third-order valence-corrected chi connectivity index (χ3v) is 2.77. The molecule has 0 spiro atoms. The molecule has 18 heavy (non-hydrogen) atoms. The van der Waals surface area contributed by atoms with Gasteiger partial charge < -0.3 is 9.64 Å². The van der Waals surface area contributed by atoms with Gasteiger partial charge in [0.2, 0.25) is 0 Å². The van der Waals surface area contributed by atoms with Crippen LogP contribution in [0, 0.1) is 11.3 Å². The number of hydrogen-bond acceptors (Lipinski definition) is 3. The first-order valence-corrected chi connectivity index (χ1v) is 6.02. The number of benzene rings is 1. The first kappa shape index (κ1) is 14.3. The molecule has 1 rings (SSSR count). The van der Waals surface area contributed by atoms with Gasteiger partial charge in [0.25, 0.3) is 0 Å². The summed E-state index contributed by atoms with van der Waals surface area (Å²) in [6, 6.07) is 7.11. The van der Waals surface area contributed by atoms with E-state index in [0.717, 1.165) is 5.56 Å². The van der Waals surface area contributed by atoms with Crippen molar-refractivity contribution >= 4 is 17.5 Å². The first-order valence-electron chi connectivity index (χ1n) is 5.65. The van der Waals surface area contributed by atoms with Crippen molar-refractivity contribution in [1.29, 1.82) is 5.26 Å². The van der Waals surface area contributed by atoms with Crippen LogP contribution in [0.5, 0.6) is 5.75 Å². The number of nitrogens with zero attached hydrogens (tertiary/aromatic N) is 2. The Bertz CT molecular complexity index is 469. The molecule has 4 nitrogen and oxygen atoms in total. The standard InChI is InChI=1S/C13H15ClN2O2/c1-3-18-12-5-4-10(8-11(12)14)6-7-16(2)13(17)9-15/h4-5,8H,3,6-7H2,1-2H3. The zero-order chi connectivity index (χ0) is 13.5. The second-order valence-electron chi connectivity index (χ2n) is 3.79. The Labute approximate surface area is 112 Å². The molecular formula is C13H15ClN2O2. The molecule has 0 N–H and O–H groups in total. The van der Waals surface area contributed by atoms with Crippen molar-refractivity contribution in [1.82, 2.24) is 4.90 Å². The van der Waals surface area contributed by atoms with Gasteiger partial charge in [-0.3, -0.25) is 4.79 Å². The van der Waals surface area contributed by atoms with Crippen LogP contribution in [0.2, 0.25) is 5.02 Å². The maximum atomic E-state index is 11.1. The van der Waals surface area contributed by atoms with E-state index < -0.39 is 5.91 Å². The third kappa shape index (κ3) is 3.94. The van der Waals surface area contributed by atoms with Crippen molar-refractivity contribution in [2.75, 3.05) is 20.2 Å². The molecule has 1 aromatic carbocycles. The van der Waals surface area contributed by atoms with Gasteiger partial charge in [0, 0.05) is 13.6 Å². The van der Waals surface area contributed by atoms with Gasteiger partial charge in [-0.1, -0.05) is 17.7 Å². The Hall–Kier alpha value is -1.73. The predicted octanol–water partition coefficient (Wildman–Crippen LogP) is 2.26. The van der Waals surface area contributed by atoms with Gasteiger partial charge in [-0.05, 0) is 31.0 Å². The molecule has 0 atom stereocenters. The number of halogens is 1. The van der Waals surface area contributed by atoms with Crippen molar-refractivity contribution in [2.45, 2.75) is 13.3 Å². The molecule has 1 amide bonds. The summed E-state index contributed by atoms with van der Waals surface area (Å²) in [5.41, 5.74) is 1.00. The fourth-order valence-corrected chi connectivity index (χ4v) is 1.71. The molecule has 1 aromatic rings. The average molecular weight is 267 g/mol.